The van der Waals surface area contributed by atoms with E-state index in [-0.39, 0.29) is 25.7 Å². The molecule has 3 N–H and O–H groups in total. The third kappa shape index (κ3) is 49.6. The maximum absolute atomic E-state index is 12.9. The Hall–Kier alpha value is -1.94. The Morgan fingerprint density at radius 1 is 0.324 bits per heavy atom. The topological polar surface area (TPSA) is 237 Å². The van der Waals surface area contributed by atoms with Gasteiger partial charge in [0.25, 0.3) is 0 Å². The van der Waals surface area contributed by atoms with E-state index in [1.54, 1.807) is 0 Å². The van der Waals surface area contributed by atoms with Crippen LogP contribution >= 0.6 is 15.6 Å². The van der Waals surface area contributed by atoms with Crippen LogP contribution in [0.1, 0.15) is 272 Å². The van der Waals surface area contributed by atoms with Gasteiger partial charge in [-0.3, -0.25) is 37.3 Å². The van der Waals surface area contributed by atoms with E-state index < -0.39 is 97.5 Å². The molecule has 0 aliphatic heterocycles. The molecule has 0 amide bonds. The fraction of sp³-hybridized carbons (Fsp3) is 0.927. The third-order valence-corrected chi connectivity index (χ3v) is 14.5. The zero-order chi connectivity index (χ0) is 54.8. The van der Waals surface area contributed by atoms with E-state index >= 15 is 0 Å². The Morgan fingerprint density at radius 2 is 0.541 bits per heavy atom. The molecule has 0 aliphatic rings. The maximum atomic E-state index is 12.9. The number of aliphatic hydroxyl groups is 1. The number of carbonyl (C=O) groups excluding carboxylic acids is 4. The van der Waals surface area contributed by atoms with Crippen molar-refractivity contribution in [1.29, 1.82) is 0 Å². The van der Waals surface area contributed by atoms with Crippen molar-refractivity contribution < 1.29 is 80.2 Å². The summed E-state index contributed by atoms with van der Waals surface area (Å²) in [7, 11) is -9.85. The maximum Gasteiger partial charge on any atom is 0.472 e. The van der Waals surface area contributed by atoms with Crippen LogP contribution in [0, 0.1) is 0 Å². The van der Waals surface area contributed by atoms with Crippen LogP contribution < -0.4 is 0 Å². The summed E-state index contributed by atoms with van der Waals surface area (Å²) >= 11 is 0. The van der Waals surface area contributed by atoms with Gasteiger partial charge in [-0.15, -0.1) is 0 Å². The molecule has 0 aromatic rings. The minimum absolute atomic E-state index is 0.103. The minimum Gasteiger partial charge on any atom is -0.462 e. The Balaban J connectivity index is 5.15. The fourth-order valence-electron chi connectivity index (χ4n) is 8.04. The summed E-state index contributed by atoms with van der Waals surface area (Å²) in [5.41, 5.74) is 0. The molecular formula is C55H106O17P2. The van der Waals surface area contributed by atoms with Crippen LogP contribution in [0.3, 0.4) is 0 Å². The Morgan fingerprint density at radius 3 is 0.797 bits per heavy atom. The minimum atomic E-state index is -4.93. The lowest BCUT2D eigenvalue weighted by Gasteiger charge is -2.21. The van der Waals surface area contributed by atoms with Crippen molar-refractivity contribution in [1.82, 2.24) is 0 Å². The Labute approximate surface area is 447 Å². The molecule has 5 atom stereocenters. The van der Waals surface area contributed by atoms with E-state index in [1.807, 2.05) is 0 Å². The largest absolute Gasteiger partial charge is 0.472 e. The molecule has 19 heteroatoms. The van der Waals surface area contributed by atoms with Gasteiger partial charge < -0.3 is 33.8 Å². The number of hydrogen-bond donors (Lipinski definition) is 3. The van der Waals surface area contributed by atoms with E-state index in [4.69, 9.17) is 37.0 Å². The Bertz CT molecular complexity index is 1450. The summed E-state index contributed by atoms with van der Waals surface area (Å²) in [6.45, 7) is 4.70. The second kappa shape index (κ2) is 50.6. The average Bonchev–Trinajstić information content (AvgIpc) is 3.37. The molecule has 0 saturated carbocycles. The molecule has 0 bridgehead atoms. The molecule has 0 radical (unpaired) electrons. The van der Waals surface area contributed by atoms with Crippen LogP contribution in [0.15, 0.2) is 0 Å². The summed E-state index contributed by atoms with van der Waals surface area (Å²) < 4.78 is 67.3. The first-order valence-corrected chi connectivity index (χ1v) is 32.3. The van der Waals surface area contributed by atoms with Gasteiger partial charge in [-0.1, -0.05) is 220 Å². The second-order valence-electron chi connectivity index (χ2n) is 20.0. The van der Waals surface area contributed by atoms with Crippen molar-refractivity contribution in [2.45, 2.75) is 290 Å². The molecule has 0 heterocycles. The Kier molecular flexibility index (Phi) is 49.2. The standard InChI is InChI=1S/C55H106O17P2/c1-5-9-13-17-21-22-23-24-25-26-30-34-38-42-55(60)72-51(46-66-53(58)40-36-32-28-19-15-11-7-3)48-70-74(63,64)68-44-49(56)43-67-73(61,62)69-47-50(71-54(59)41-37-33-29-20-16-12-8-4)45-65-52(57)39-35-31-27-18-14-10-6-2/h49-51,56H,5-48H2,1-4H3,(H,61,62)(H,63,64)/t49-,50+,51+/m0/s1. The number of unbranched alkanes of at least 4 members (excludes halogenated alkanes) is 30. The lowest BCUT2D eigenvalue weighted by Crippen LogP contribution is -2.30. The third-order valence-electron chi connectivity index (χ3n) is 12.6. The first-order valence-electron chi connectivity index (χ1n) is 29.3. The van der Waals surface area contributed by atoms with Crippen molar-refractivity contribution in [3.63, 3.8) is 0 Å². The van der Waals surface area contributed by atoms with Crippen molar-refractivity contribution in [2.75, 3.05) is 39.6 Å². The first kappa shape index (κ1) is 72.1. The number of phosphoric acid groups is 2. The van der Waals surface area contributed by atoms with Crippen LogP contribution in [0.2, 0.25) is 0 Å². The molecule has 438 valence electrons. The fourth-order valence-corrected chi connectivity index (χ4v) is 9.62. The summed E-state index contributed by atoms with van der Waals surface area (Å²) in [5.74, 6) is -2.16. The number of rotatable bonds is 56. The lowest BCUT2D eigenvalue weighted by molar-refractivity contribution is -0.161. The number of esters is 4. The molecule has 74 heavy (non-hydrogen) atoms. The van der Waals surface area contributed by atoms with Crippen LogP contribution in [0.4, 0.5) is 0 Å². The highest BCUT2D eigenvalue weighted by molar-refractivity contribution is 7.47. The van der Waals surface area contributed by atoms with E-state index in [0.717, 1.165) is 128 Å². The van der Waals surface area contributed by atoms with Crippen LogP contribution in [0.5, 0.6) is 0 Å². The van der Waals surface area contributed by atoms with Gasteiger partial charge in [-0.05, 0) is 25.7 Å². The summed E-state index contributed by atoms with van der Waals surface area (Å²) in [4.78, 5) is 71.4. The molecule has 0 saturated heterocycles. The van der Waals surface area contributed by atoms with Gasteiger partial charge in [0.2, 0.25) is 0 Å². The highest BCUT2D eigenvalue weighted by Crippen LogP contribution is 2.45. The molecule has 0 aromatic carbocycles. The summed E-state index contributed by atoms with van der Waals surface area (Å²) in [6, 6.07) is 0. The van der Waals surface area contributed by atoms with Crippen molar-refractivity contribution in [2.24, 2.45) is 0 Å². The quantitative estimate of drug-likeness (QED) is 0.0222. The number of aliphatic hydroxyl groups excluding tert-OH is 1. The van der Waals surface area contributed by atoms with E-state index in [0.29, 0.717) is 25.7 Å². The van der Waals surface area contributed by atoms with Crippen LogP contribution in [-0.2, 0) is 65.4 Å². The molecular weight excluding hydrogens is 995 g/mol. The van der Waals surface area contributed by atoms with Gasteiger partial charge in [-0.25, -0.2) is 9.13 Å². The molecule has 0 rings (SSSR count). The number of carbonyl (C=O) groups is 4. The van der Waals surface area contributed by atoms with Gasteiger partial charge in [0, 0.05) is 25.7 Å². The lowest BCUT2D eigenvalue weighted by atomic mass is 10.0. The van der Waals surface area contributed by atoms with E-state index in [1.165, 1.54) is 64.2 Å². The zero-order valence-corrected chi connectivity index (χ0v) is 48.6. The molecule has 17 nitrogen and oxygen atoms in total. The van der Waals surface area contributed by atoms with Gasteiger partial charge in [-0.2, -0.15) is 0 Å². The van der Waals surface area contributed by atoms with E-state index in [2.05, 4.69) is 27.7 Å². The average molecular weight is 1100 g/mol. The van der Waals surface area contributed by atoms with E-state index in [9.17, 15) is 43.2 Å². The first-order chi connectivity index (χ1) is 35.7. The highest BCUT2D eigenvalue weighted by atomic mass is 31.2. The predicted octanol–water partition coefficient (Wildman–Crippen LogP) is 14.4. The summed E-state index contributed by atoms with van der Waals surface area (Å²) in [6.07, 6.45) is 32.4. The number of hydrogen-bond acceptors (Lipinski definition) is 15. The smallest absolute Gasteiger partial charge is 0.462 e. The van der Waals surface area contributed by atoms with Crippen molar-refractivity contribution >= 4 is 39.5 Å². The molecule has 0 spiro atoms. The van der Waals surface area contributed by atoms with Crippen molar-refractivity contribution in [3.05, 3.63) is 0 Å². The van der Waals surface area contributed by atoms with Gasteiger partial charge in [0.05, 0.1) is 26.4 Å². The van der Waals surface area contributed by atoms with Gasteiger partial charge in [0.15, 0.2) is 12.2 Å². The second-order valence-corrected chi connectivity index (χ2v) is 22.9. The predicted molar refractivity (Wildman–Crippen MR) is 289 cm³/mol. The van der Waals surface area contributed by atoms with Crippen LogP contribution in [-0.4, -0.2) is 96.7 Å². The van der Waals surface area contributed by atoms with Crippen LogP contribution in [0.25, 0.3) is 0 Å². The normalized spacial score (nSPS) is 14.4. The molecule has 0 aromatic heterocycles. The monoisotopic (exact) mass is 1100 g/mol. The van der Waals surface area contributed by atoms with Gasteiger partial charge >= 0.3 is 39.5 Å². The highest BCUT2D eigenvalue weighted by Gasteiger charge is 2.30. The SMILES string of the molecule is CCCCCCCCCCCCCCCC(=O)O[C@H](COC(=O)CCCCCCCCC)COP(=O)(O)OC[C@@H](O)COP(=O)(O)OC[C@@H](COC(=O)CCCCCCCCC)OC(=O)CCCCCCCCC. The van der Waals surface area contributed by atoms with Gasteiger partial charge in [0.1, 0.15) is 19.3 Å². The summed E-state index contributed by atoms with van der Waals surface area (Å²) in [5, 5.41) is 10.4. The molecule has 0 fully saturated rings. The van der Waals surface area contributed by atoms with Crippen molar-refractivity contribution in [3.8, 4) is 0 Å². The molecule has 0 aliphatic carbocycles. The number of phosphoric ester groups is 2. The number of ether oxygens (including phenoxy) is 4. The zero-order valence-electron chi connectivity index (χ0n) is 46.8. The molecule has 2 unspecified atom stereocenters.